The number of nitrogens with zero attached hydrogens (tertiary/aromatic N) is 2. The first-order valence-electron chi connectivity index (χ1n) is 16.8. The van der Waals surface area contributed by atoms with Gasteiger partial charge in [0.15, 0.2) is 0 Å². The third-order valence-electron chi connectivity index (χ3n) is 8.61. The summed E-state index contributed by atoms with van der Waals surface area (Å²) in [7, 11) is 0. The number of hydrogen-bond acceptors (Lipinski definition) is 4. The molecule has 2 aromatic heterocycles. The Morgan fingerprint density at radius 2 is 1.43 bits per heavy atom. The van der Waals surface area contributed by atoms with Gasteiger partial charge in [0.1, 0.15) is 11.1 Å². The van der Waals surface area contributed by atoms with Crippen LogP contribution >= 0.6 is 12.2 Å². The number of alkyl carbamates (subject to hydrolysis) is 1. The molecule has 49 heavy (non-hydrogen) atoms. The fourth-order valence-electron chi connectivity index (χ4n) is 6.45. The van der Waals surface area contributed by atoms with Crippen molar-refractivity contribution in [2.24, 2.45) is 0 Å². The lowest BCUT2D eigenvalue weighted by Gasteiger charge is -2.37. The van der Waals surface area contributed by atoms with Gasteiger partial charge in [-0.2, -0.15) is 0 Å². The standard InChI is InChI=1S/C41H43N5O2S/c1-40(2,3)48-39(47)45-37(26-30-27-43-36-24-14-13-23-35(30)36)38(49)42-25-15-22-34-28-46(29-44-34)41(31-16-7-4-8-17-31,32-18-9-5-10-19-32)33-20-11-6-12-21-33/h4-14,16-21,23-24,27-29,37,43H,15,22,25-26H2,1-3H3,(H,42,49)(H,45,47)/t37-/m1/s1. The molecule has 0 fully saturated rings. The maximum absolute atomic E-state index is 12.8. The fraction of sp³-hybridized carbons (Fsp3) is 0.244. The van der Waals surface area contributed by atoms with Crippen LogP contribution in [0, 0.1) is 0 Å². The molecule has 0 spiro atoms. The Bertz CT molecular complexity index is 1880. The Labute approximate surface area is 293 Å². The van der Waals surface area contributed by atoms with Crippen LogP contribution in [0.25, 0.3) is 10.9 Å². The Morgan fingerprint density at radius 1 is 0.857 bits per heavy atom. The molecule has 0 saturated heterocycles. The van der Waals surface area contributed by atoms with E-state index in [1.807, 2.05) is 51.5 Å². The van der Waals surface area contributed by atoms with Crippen molar-refractivity contribution in [2.45, 2.75) is 57.2 Å². The molecule has 250 valence electrons. The van der Waals surface area contributed by atoms with Crippen LogP contribution in [0.15, 0.2) is 134 Å². The zero-order valence-electron chi connectivity index (χ0n) is 28.2. The van der Waals surface area contributed by atoms with Crippen molar-refractivity contribution >= 4 is 34.2 Å². The Hall–Kier alpha value is -5.21. The van der Waals surface area contributed by atoms with E-state index in [2.05, 4.69) is 123 Å². The molecule has 0 unspecified atom stereocenters. The summed E-state index contributed by atoms with van der Waals surface area (Å²) in [5.41, 5.74) is 5.35. The molecule has 0 aliphatic carbocycles. The van der Waals surface area contributed by atoms with Crippen LogP contribution in [0.3, 0.4) is 0 Å². The molecule has 0 radical (unpaired) electrons. The van der Waals surface area contributed by atoms with Crippen molar-refractivity contribution in [3.63, 3.8) is 0 Å². The van der Waals surface area contributed by atoms with Gasteiger partial charge >= 0.3 is 6.09 Å². The minimum Gasteiger partial charge on any atom is -0.444 e. The number of hydrogen-bond donors (Lipinski definition) is 3. The molecule has 1 amide bonds. The Morgan fingerprint density at radius 3 is 2.02 bits per heavy atom. The minimum atomic E-state index is -0.618. The van der Waals surface area contributed by atoms with E-state index in [0.717, 1.165) is 51.7 Å². The van der Waals surface area contributed by atoms with Gasteiger partial charge in [-0.05, 0) is 61.9 Å². The number of nitrogens with one attached hydrogen (secondary N) is 3. The van der Waals surface area contributed by atoms with Crippen molar-refractivity contribution in [3.8, 4) is 0 Å². The number of aryl methyl sites for hydroxylation is 1. The molecule has 4 aromatic carbocycles. The van der Waals surface area contributed by atoms with E-state index in [-0.39, 0.29) is 0 Å². The number of amides is 1. The molecule has 6 rings (SSSR count). The van der Waals surface area contributed by atoms with E-state index in [9.17, 15) is 4.79 Å². The number of rotatable bonds is 12. The van der Waals surface area contributed by atoms with E-state index < -0.39 is 23.3 Å². The Kier molecular flexibility index (Phi) is 10.3. The number of para-hydroxylation sites is 1. The first-order chi connectivity index (χ1) is 23.7. The number of carbonyl (C=O) groups excluding carboxylic acids is 1. The molecule has 0 aliphatic heterocycles. The molecule has 1 atom stereocenters. The predicted octanol–water partition coefficient (Wildman–Crippen LogP) is 8.19. The second-order valence-corrected chi connectivity index (χ2v) is 13.7. The highest BCUT2D eigenvalue weighted by Gasteiger charge is 2.38. The summed E-state index contributed by atoms with van der Waals surface area (Å²) in [6.45, 7) is 6.18. The second kappa shape index (κ2) is 14.9. The molecular weight excluding hydrogens is 627 g/mol. The summed E-state index contributed by atoms with van der Waals surface area (Å²) in [5.74, 6) is 0. The average Bonchev–Trinajstić information content (AvgIpc) is 3.75. The summed E-state index contributed by atoms with van der Waals surface area (Å²) in [4.78, 5) is 21.6. The topological polar surface area (TPSA) is 84.0 Å². The van der Waals surface area contributed by atoms with E-state index in [4.69, 9.17) is 21.9 Å². The third-order valence-corrected chi connectivity index (χ3v) is 9.04. The highest BCUT2D eigenvalue weighted by molar-refractivity contribution is 7.80. The molecule has 3 N–H and O–H groups in total. The average molecular weight is 670 g/mol. The van der Waals surface area contributed by atoms with Gasteiger partial charge in [0.05, 0.1) is 23.1 Å². The number of carbonyl (C=O) groups is 1. The molecule has 0 saturated carbocycles. The number of fused-ring (bicyclic) bond motifs is 1. The maximum Gasteiger partial charge on any atom is 0.408 e. The highest BCUT2D eigenvalue weighted by atomic mass is 32.1. The molecule has 0 bridgehead atoms. The van der Waals surface area contributed by atoms with Crippen molar-refractivity contribution in [1.82, 2.24) is 25.2 Å². The lowest BCUT2D eigenvalue weighted by Crippen LogP contribution is -2.48. The lowest BCUT2D eigenvalue weighted by atomic mass is 9.77. The monoisotopic (exact) mass is 669 g/mol. The van der Waals surface area contributed by atoms with Crippen LogP contribution in [0.4, 0.5) is 4.79 Å². The number of thiocarbonyl (C=S) groups is 1. The first-order valence-corrected chi connectivity index (χ1v) is 17.2. The number of aromatic amines is 1. The number of aromatic nitrogens is 3. The van der Waals surface area contributed by atoms with Gasteiger partial charge in [0.25, 0.3) is 0 Å². The van der Waals surface area contributed by atoms with Gasteiger partial charge in [0, 0.05) is 36.3 Å². The van der Waals surface area contributed by atoms with Crippen LogP contribution in [-0.4, -0.2) is 43.8 Å². The quantitative estimate of drug-likeness (QED) is 0.0696. The molecule has 6 aromatic rings. The number of benzene rings is 4. The predicted molar refractivity (Wildman–Crippen MR) is 201 cm³/mol. The van der Waals surface area contributed by atoms with E-state index in [1.54, 1.807) is 0 Å². The lowest BCUT2D eigenvalue weighted by molar-refractivity contribution is 0.0518. The van der Waals surface area contributed by atoms with Crippen molar-refractivity contribution < 1.29 is 9.53 Å². The van der Waals surface area contributed by atoms with E-state index in [1.165, 1.54) is 0 Å². The molecule has 2 heterocycles. The minimum absolute atomic E-state index is 0.438. The summed E-state index contributed by atoms with van der Waals surface area (Å²) in [5, 5.41) is 7.53. The molecule has 0 aliphatic rings. The van der Waals surface area contributed by atoms with Crippen molar-refractivity contribution in [1.29, 1.82) is 0 Å². The van der Waals surface area contributed by atoms with Gasteiger partial charge in [-0.1, -0.05) is 121 Å². The van der Waals surface area contributed by atoms with Gasteiger partial charge in [-0.15, -0.1) is 0 Å². The first kappa shape index (κ1) is 33.7. The van der Waals surface area contributed by atoms with Gasteiger partial charge in [-0.3, -0.25) is 0 Å². The van der Waals surface area contributed by atoms with Crippen molar-refractivity contribution in [2.75, 3.05) is 6.54 Å². The second-order valence-electron chi connectivity index (χ2n) is 13.2. The zero-order chi connectivity index (χ0) is 34.3. The van der Waals surface area contributed by atoms with Crippen LogP contribution < -0.4 is 10.6 Å². The normalized spacial score (nSPS) is 12.4. The fourth-order valence-corrected chi connectivity index (χ4v) is 6.69. The van der Waals surface area contributed by atoms with Crippen LogP contribution in [0.1, 0.15) is 55.1 Å². The molecule has 7 nitrogen and oxygen atoms in total. The summed E-state index contributed by atoms with van der Waals surface area (Å²) in [6, 6.07) is 39.5. The van der Waals surface area contributed by atoms with Crippen molar-refractivity contribution in [3.05, 3.63) is 162 Å². The van der Waals surface area contributed by atoms with E-state index >= 15 is 0 Å². The largest absolute Gasteiger partial charge is 0.444 e. The molecular formula is C41H43N5O2S. The summed E-state index contributed by atoms with van der Waals surface area (Å²) in [6.07, 6.45) is 7.68. The van der Waals surface area contributed by atoms with Gasteiger partial charge in [0.2, 0.25) is 0 Å². The van der Waals surface area contributed by atoms with Crippen LogP contribution in [0.5, 0.6) is 0 Å². The SMILES string of the molecule is CC(C)(C)OC(=O)N[C@H](Cc1c[nH]c2ccccc12)C(=S)NCCCc1cn(C(c2ccccc2)(c2ccccc2)c2ccccc2)cn1. The smallest absolute Gasteiger partial charge is 0.408 e. The van der Waals surface area contributed by atoms with Crippen LogP contribution in [-0.2, 0) is 23.1 Å². The van der Waals surface area contributed by atoms with Crippen LogP contribution in [0.2, 0.25) is 0 Å². The summed E-state index contributed by atoms with van der Waals surface area (Å²) < 4.78 is 7.82. The number of imidazole rings is 1. The highest BCUT2D eigenvalue weighted by Crippen LogP contribution is 2.40. The zero-order valence-corrected chi connectivity index (χ0v) is 29.0. The van der Waals surface area contributed by atoms with E-state index in [0.29, 0.717) is 18.0 Å². The summed E-state index contributed by atoms with van der Waals surface area (Å²) >= 11 is 5.87. The molecule has 8 heteroatoms. The van der Waals surface area contributed by atoms with Gasteiger partial charge < -0.3 is 24.9 Å². The third kappa shape index (κ3) is 7.76. The Balaban J connectivity index is 1.18. The number of H-pyrrole nitrogens is 1. The number of ether oxygens (including phenoxy) is 1. The van der Waals surface area contributed by atoms with Gasteiger partial charge in [-0.25, -0.2) is 9.78 Å². The maximum atomic E-state index is 12.8.